The maximum atomic E-state index is 11.9. The van der Waals surface area contributed by atoms with Gasteiger partial charge in [0, 0.05) is 5.56 Å². The van der Waals surface area contributed by atoms with Gasteiger partial charge in [0.1, 0.15) is 6.61 Å². The normalized spacial score (nSPS) is 16.5. The highest BCUT2D eigenvalue weighted by molar-refractivity contribution is 6.42. The molecule has 104 valence electrons. The molecule has 1 aromatic carbocycles. The van der Waals surface area contributed by atoms with Gasteiger partial charge in [0.25, 0.3) is 0 Å². The van der Waals surface area contributed by atoms with Crippen LogP contribution in [0.15, 0.2) is 18.2 Å². The number of halogens is 2. The Bertz CT molecular complexity index is 440. The van der Waals surface area contributed by atoms with E-state index in [2.05, 4.69) is 0 Å². The summed E-state index contributed by atoms with van der Waals surface area (Å²) in [7, 11) is 0. The van der Waals surface area contributed by atoms with Gasteiger partial charge in [-0.15, -0.1) is 0 Å². The molecule has 2 rings (SSSR count). The molecule has 0 N–H and O–H groups in total. The van der Waals surface area contributed by atoms with E-state index >= 15 is 0 Å². The number of ether oxygens (including phenoxy) is 1. The van der Waals surface area contributed by atoms with Crippen molar-refractivity contribution < 1.29 is 9.53 Å². The number of rotatable bonds is 5. The van der Waals surface area contributed by atoms with Gasteiger partial charge in [-0.1, -0.05) is 42.5 Å². The first-order chi connectivity index (χ1) is 9.16. The molecule has 0 aliphatic heterocycles. The van der Waals surface area contributed by atoms with Crippen LogP contribution in [0.3, 0.4) is 0 Å². The average molecular weight is 301 g/mol. The van der Waals surface area contributed by atoms with Crippen molar-refractivity contribution >= 4 is 29.0 Å². The Morgan fingerprint density at radius 3 is 2.58 bits per heavy atom. The Balaban J connectivity index is 1.78. The summed E-state index contributed by atoms with van der Waals surface area (Å²) in [6, 6.07) is 4.91. The molecule has 0 aromatic heterocycles. The van der Waals surface area contributed by atoms with Crippen LogP contribution in [0, 0.1) is 5.92 Å². The smallest absolute Gasteiger partial charge is 0.188 e. The van der Waals surface area contributed by atoms with Gasteiger partial charge >= 0.3 is 0 Å². The first-order valence-corrected chi connectivity index (χ1v) is 7.48. The van der Waals surface area contributed by atoms with Crippen LogP contribution in [0.4, 0.5) is 0 Å². The molecule has 0 unspecified atom stereocenters. The lowest BCUT2D eigenvalue weighted by Gasteiger charge is -2.21. The van der Waals surface area contributed by atoms with Gasteiger partial charge < -0.3 is 4.74 Å². The van der Waals surface area contributed by atoms with Gasteiger partial charge in [-0.3, -0.25) is 4.79 Å². The molecule has 1 aliphatic rings. The van der Waals surface area contributed by atoms with Gasteiger partial charge in [-0.25, -0.2) is 0 Å². The maximum Gasteiger partial charge on any atom is 0.188 e. The summed E-state index contributed by atoms with van der Waals surface area (Å²) in [5.41, 5.74) is 0.554. The second-order valence-electron chi connectivity index (χ2n) is 5.07. The van der Waals surface area contributed by atoms with Crippen molar-refractivity contribution in [2.24, 2.45) is 5.92 Å². The van der Waals surface area contributed by atoms with Crippen LogP contribution in [0.5, 0.6) is 0 Å². The number of benzene rings is 1. The fraction of sp³-hybridized carbons (Fsp3) is 0.533. The lowest BCUT2D eigenvalue weighted by atomic mass is 9.90. The number of ketones is 1. The second-order valence-corrected chi connectivity index (χ2v) is 5.89. The van der Waals surface area contributed by atoms with Gasteiger partial charge in [-0.2, -0.15) is 0 Å². The summed E-state index contributed by atoms with van der Waals surface area (Å²) in [4.78, 5) is 11.9. The van der Waals surface area contributed by atoms with E-state index in [0.717, 1.165) is 0 Å². The molecule has 0 heterocycles. The van der Waals surface area contributed by atoms with E-state index in [1.54, 1.807) is 18.2 Å². The van der Waals surface area contributed by atoms with Crippen molar-refractivity contribution in [2.75, 3.05) is 13.2 Å². The minimum atomic E-state index is -0.0469. The molecule has 0 amide bonds. The van der Waals surface area contributed by atoms with Crippen LogP contribution in [0.1, 0.15) is 42.5 Å². The minimum Gasteiger partial charge on any atom is -0.373 e. The zero-order valence-electron chi connectivity index (χ0n) is 10.8. The highest BCUT2D eigenvalue weighted by atomic mass is 35.5. The summed E-state index contributed by atoms with van der Waals surface area (Å²) < 4.78 is 5.53. The number of Topliss-reactive ketones (excluding diaryl/α,β-unsaturated/α-hetero) is 1. The zero-order chi connectivity index (χ0) is 13.7. The molecular weight excluding hydrogens is 283 g/mol. The number of hydrogen-bond acceptors (Lipinski definition) is 2. The van der Waals surface area contributed by atoms with Crippen LogP contribution in [-0.4, -0.2) is 19.0 Å². The van der Waals surface area contributed by atoms with E-state index in [1.807, 2.05) is 0 Å². The van der Waals surface area contributed by atoms with E-state index in [1.165, 1.54) is 32.1 Å². The second kappa shape index (κ2) is 7.28. The molecule has 0 bridgehead atoms. The first kappa shape index (κ1) is 14.8. The molecule has 0 atom stereocenters. The molecule has 0 radical (unpaired) electrons. The number of hydrogen-bond donors (Lipinski definition) is 0. The summed E-state index contributed by atoms with van der Waals surface area (Å²) in [6.07, 6.45) is 6.35. The fourth-order valence-electron chi connectivity index (χ4n) is 2.43. The van der Waals surface area contributed by atoms with Crippen molar-refractivity contribution in [1.29, 1.82) is 0 Å². The van der Waals surface area contributed by atoms with E-state index in [0.29, 0.717) is 28.1 Å². The maximum absolute atomic E-state index is 11.9. The molecule has 2 nitrogen and oxygen atoms in total. The van der Waals surface area contributed by atoms with Gasteiger partial charge in [-0.05, 0) is 37.0 Å². The van der Waals surface area contributed by atoms with E-state index in [-0.39, 0.29) is 12.4 Å². The molecule has 0 spiro atoms. The largest absolute Gasteiger partial charge is 0.373 e. The lowest BCUT2D eigenvalue weighted by molar-refractivity contribution is 0.0628. The predicted octanol–water partition coefficient (Wildman–Crippen LogP) is 4.77. The standard InChI is InChI=1S/C15H18Cl2O2/c16-13-7-6-12(8-14(13)17)15(18)10-19-9-11-4-2-1-3-5-11/h6-8,11H,1-5,9-10H2. The lowest BCUT2D eigenvalue weighted by Crippen LogP contribution is -2.17. The summed E-state index contributed by atoms with van der Waals surface area (Å²) in [5, 5.41) is 0.862. The molecule has 1 fully saturated rings. The highest BCUT2D eigenvalue weighted by Crippen LogP contribution is 2.24. The van der Waals surface area contributed by atoms with Crippen LogP contribution in [0.25, 0.3) is 0 Å². The first-order valence-electron chi connectivity index (χ1n) is 6.73. The van der Waals surface area contributed by atoms with Crippen molar-refractivity contribution in [2.45, 2.75) is 32.1 Å². The Hall–Kier alpha value is -0.570. The number of carbonyl (C=O) groups is 1. The van der Waals surface area contributed by atoms with Crippen molar-refractivity contribution in [3.05, 3.63) is 33.8 Å². The SMILES string of the molecule is O=C(COCC1CCCCC1)c1ccc(Cl)c(Cl)c1. The monoisotopic (exact) mass is 300 g/mol. The average Bonchev–Trinajstić information content (AvgIpc) is 2.43. The molecule has 19 heavy (non-hydrogen) atoms. The predicted molar refractivity (Wildman–Crippen MR) is 78.2 cm³/mol. The zero-order valence-corrected chi connectivity index (χ0v) is 12.3. The summed E-state index contributed by atoms with van der Waals surface area (Å²) in [6.45, 7) is 0.807. The van der Waals surface area contributed by atoms with E-state index < -0.39 is 0 Å². The van der Waals surface area contributed by atoms with Crippen molar-refractivity contribution in [3.8, 4) is 0 Å². The third kappa shape index (κ3) is 4.48. The van der Waals surface area contributed by atoms with Crippen LogP contribution >= 0.6 is 23.2 Å². The minimum absolute atomic E-state index is 0.0469. The Morgan fingerprint density at radius 2 is 1.89 bits per heavy atom. The Labute approximate surface area is 124 Å². The molecule has 0 saturated heterocycles. The Morgan fingerprint density at radius 1 is 1.16 bits per heavy atom. The Kier molecular flexibility index (Phi) is 5.68. The highest BCUT2D eigenvalue weighted by Gasteiger charge is 2.14. The third-order valence-electron chi connectivity index (χ3n) is 3.55. The molecular formula is C15H18Cl2O2. The van der Waals surface area contributed by atoms with Crippen molar-refractivity contribution in [3.63, 3.8) is 0 Å². The fourth-order valence-corrected chi connectivity index (χ4v) is 2.72. The van der Waals surface area contributed by atoms with E-state index in [9.17, 15) is 4.79 Å². The van der Waals surface area contributed by atoms with Crippen LogP contribution in [-0.2, 0) is 4.74 Å². The van der Waals surface area contributed by atoms with Gasteiger partial charge in [0.15, 0.2) is 5.78 Å². The third-order valence-corrected chi connectivity index (χ3v) is 4.29. The molecule has 4 heteroatoms. The molecule has 1 aromatic rings. The van der Waals surface area contributed by atoms with Crippen molar-refractivity contribution in [1.82, 2.24) is 0 Å². The van der Waals surface area contributed by atoms with Crippen LogP contribution < -0.4 is 0 Å². The van der Waals surface area contributed by atoms with Gasteiger partial charge in [0.2, 0.25) is 0 Å². The topological polar surface area (TPSA) is 26.3 Å². The molecule has 1 aliphatic carbocycles. The molecule has 1 saturated carbocycles. The van der Waals surface area contributed by atoms with Crippen LogP contribution in [0.2, 0.25) is 10.0 Å². The number of carbonyl (C=O) groups excluding carboxylic acids is 1. The van der Waals surface area contributed by atoms with E-state index in [4.69, 9.17) is 27.9 Å². The van der Waals surface area contributed by atoms with Gasteiger partial charge in [0.05, 0.1) is 16.7 Å². The summed E-state index contributed by atoms with van der Waals surface area (Å²) >= 11 is 11.7. The summed E-state index contributed by atoms with van der Waals surface area (Å²) in [5.74, 6) is 0.574. The quantitative estimate of drug-likeness (QED) is 0.732.